The summed E-state index contributed by atoms with van der Waals surface area (Å²) in [7, 11) is 0. The van der Waals surface area contributed by atoms with E-state index in [0.717, 1.165) is 16.7 Å². The Morgan fingerprint density at radius 1 is 0.727 bits per heavy atom. The van der Waals surface area contributed by atoms with Gasteiger partial charge in [-0.2, -0.15) is 0 Å². The topological polar surface area (TPSA) is 61.3 Å². The number of carbonyl (C=O) groups is 1. The SMILES string of the molecule is O=C(OCc1cccc(Oc2ccccc2)c1)c1cc(-c2ccccn2)nc2ccccc12. The maximum Gasteiger partial charge on any atom is 0.339 e. The molecule has 33 heavy (non-hydrogen) atoms. The quantitative estimate of drug-likeness (QED) is 0.289. The predicted molar refractivity (Wildman–Crippen MR) is 127 cm³/mol. The average Bonchev–Trinajstić information content (AvgIpc) is 2.88. The second-order valence-electron chi connectivity index (χ2n) is 7.43. The Balaban J connectivity index is 1.38. The van der Waals surface area contributed by atoms with Crippen molar-refractivity contribution in [1.82, 2.24) is 9.97 Å². The highest BCUT2D eigenvalue weighted by Gasteiger charge is 2.16. The second-order valence-corrected chi connectivity index (χ2v) is 7.43. The molecule has 0 bridgehead atoms. The lowest BCUT2D eigenvalue weighted by Crippen LogP contribution is -2.07. The zero-order valence-corrected chi connectivity index (χ0v) is 17.7. The molecule has 0 spiro atoms. The number of pyridine rings is 2. The second kappa shape index (κ2) is 9.32. The number of nitrogens with zero attached hydrogens (tertiary/aromatic N) is 2. The van der Waals surface area contributed by atoms with Crippen molar-refractivity contribution in [3.63, 3.8) is 0 Å². The van der Waals surface area contributed by atoms with Gasteiger partial charge in [-0.15, -0.1) is 0 Å². The largest absolute Gasteiger partial charge is 0.457 e. The van der Waals surface area contributed by atoms with Crippen LogP contribution in [0, 0.1) is 0 Å². The van der Waals surface area contributed by atoms with Gasteiger partial charge in [0.05, 0.1) is 22.5 Å². The van der Waals surface area contributed by atoms with Crippen LogP contribution < -0.4 is 4.74 Å². The third-order valence-electron chi connectivity index (χ3n) is 5.11. The van der Waals surface area contributed by atoms with E-state index in [1.807, 2.05) is 97.1 Å². The molecule has 0 atom stereocenters. The van der Waals surface area contributed by atoms with E-state index in [1.165, 1.54) is 0 Å². The number of hydrogen-bond donors (Lipinski definition) is 0. The zero-order valence-electron chi connectivity index (χ0n) is 17.7. The van der Waals surface area contributed by atoms with E-state index in [0.29, 0.717) is 28.2 Å². The smallest absolute Gasteiger partial charge is 0.339 e. The molecule has 2 heterocycles. The lowest BCUT2D eigenvalue weighted by atomic mass is 10.1. The summed E-state index contributed by atoms with van der Waals surface area (Å²) in [6.07, 6.45) is 1.70. The van der Waals surface area contributed by atoms with Crippen LogP contribution in [0.15, 0.2) is 109 Å². The monoisotopic (exact) mass is 432 g/mol. The molecule has 0 saturated heterocycles. The predicted octanol–water partition coefficient (Wildman–Crippen LogP) is 6.45. The molecular formula is C28H20N2O3. The number of esters is 1. The Labute approximate surface area is 191 Å². The molecule has 5 heteroatoms. The van der Waals surface area contributed by atoms with Crippen LogP contribution in [0.2, 0.25) is 0 Å². The third-order valence-corrected chi connectivity index (χ3v) is 5.11. The molecule has 0 aliphatic carbocycles. The molecule has 0 aliphatic rings. The minimum absolute atomic E-state index is 0.125. The third kappa shape index (κ3) is 4.72. The molecule has 0 radical (unpaired) electrons. The van der Waals surface area contributed by atoms with E-state index in [2.05, 4.69) is 9.97 Å². The summed E-state index contributed by atoms with van der Waals surface area (Å²) in [6, 6.07) is 31.9. The first-order valence-corrected chi connectivity index (χ1v) is 10.6. The fraction of sp³-hybridized carbons (Fsp3) is 0.0357. The van der Waals surface area contributed by atoms with Crippen molar-refractivity contribution in [2.75, 3.05) is 0 Å². The van der Waals surface area contributed by atoms with Gasteiger partial charge in [-0.1, -0.05) is 54.6 Å². The molecule has 160 valence electrons. The van der Waals surface area contributed by atoms with E-state index in [-0.39, 0.29) is 6.61 Å². The van der Waals surface area contributed by atoms with Gasteiger partial charge in [0.1, 0.15) is 18.1 Å². The van der Waals surface area contributed by atoms with Crippen LogP contribution in [0.1, 0.15) is 15.9 Å². The van der Waals surface area contributed by atoms with Crippen molar-refractivity contribution >= 4 is 16.9 Å². The number of ether oxygens (including phenoxy) is 2. The summed E-state index contributed by atoms with van der Waals surface area (Å²) < 4.78 is 11.6. The number of para-hydroxylation sites is 2. The van der Waals surface area contributed by atoms with Gasteiger partial charge in [-0.3, -0.25) is 4.98 Å². The van der Waals surface area contributed by atoms with E-state index < -0.39 is 5.97 Å². The maximum absolute atomic E-state index is 13.1. The molecule has 3 aromatic carbocycles. The van der Waals surface area contributed by atoms with Gasteiger partial charge in [0.15, 0.2) is 0 Å². The summed E-state index contributed by atoms with van der Waals surface area (Å²) >= 11 is 0. The van der Waals surface area contributed by atoms with E-state index >= 15 is 0 Å². The van der Waals surface area contributed by atoms with Crippen molar-refractivity contribution < 1.29 is 14.3 Å². The molecule has 5 aromatic rings. The fourth-order valence-electron chi connectivity index (χ4n) is 3.54. The van der Waals surface area contributed by atoms with Crippen LogP contribution in [0.25, 0.3) is 22.3 Å². The van der Waals surface area contributed by atoms with Gasteiger partial charge in [-0.05, 0) is 54.1 Å². The first-order chi connectivity index (χ1) is 16.3. The van der Waals surface area contributed by atoms with Gasteiger partial charge in [0, 0.05) is 11.6 Å². The number of hydrogen-bond acceptors (Lipinski definition) is 5. The lowest BCUT2D eigenvalue weighted by Gasteiger charge is -2.11. The van der Waals surface area contributed by atoms with Crippen molar-refractivity contribution in [2.45, 2.75) is 6.61 Å². The molecule has 0 N–H and O–H groups in total. The number of rotatable bonds is 6. The summed E-state index contributed by atoms with van der Waals surface area (Å²) in [5.41, 5.74) is 3.33. The van der Waals surface area contributed by atoms with E-state index in [4.69, 9.17) is 9.47 Å². The molecule has 0 amide bonds. The van der Waals surface area contributed by atoms with Crippen molar-refractivity contribution in [2.24, 2.45) is 0 Å². The molecular weight excluding hydrogens is 412 g/mol. The summed E-state index contributed by atoms with van der Waals surface area (Å²) in [5.74, 6) is 1.01. The minimum Gasteiger partial charge on any atom is -0.457 e. The first kappa shape index (κ1) is 20.4. The highest BCUT2D eigenvalue weighted by molar-refractivity contribution is 6.04. The van der Waals surface area contributed by atoms with Gasteiger partial charge in [0.25, 0.3) is 0 Å². The van der Waals surface area contributed by atoms with Gasteiger partial charge in [0.2, 0.25) is 0 Å². The molecule has 2 aromatic heterocycles. The highest BCUT2D eigenvalue weighted by Crippen LogP contribution is 2.25. The summed E-state index contributed by atoms with van der Waals surface area (Å²) in [5, 5.41) is 0.739. The van der Waals surface area contributed by atoms with Crippen LogP contribution in [0.4, 0.5) is 0 Å². The minimum atomic E-state index is -0.417. The summed E-state index contributed by atoms with van der Waals surface area (Å²) in [6.45, 7) is 0.125. The van der Waals surface area contributed by atoms with Crippen molar-refractivity contribution in [1.29, 1.82) is 0 Å². The van der Waals surface area contributed by atoms with Crippen LogP contribution in [0.3, 0.4) is 0 Å². The normalized spacial score (nSPS) is 10.7. The van der Waals surface area contributed by atoms with Crippen LogP contribution in [-0.4, -0.2) is 15.9 Å². The van der Waals surface area contributed by atoms with Gasteiger partial charge in [-0.25, -0.2) is 9.78 Å². The average molecular weight is 432 g/mol. The Morgan fingerprint density at radius 2 is 1.52 bits per heavy atom. The molecule has 5 nitrogen and oxygen atoms in total. The molecule has 5 rings (SSSR count). The Bertz CT molecular complexity index is 1400. The van der Waals surface area contributed by atoms with Crippen LogP contribution in [-0.2, 0) is 11.3 Å². The van der Waals surface area contributed by atoms with Gasteiger partial charge < -0.3 is 9.47 Å². The lowest BCUT2D eigenvalue weighted by molar-refractivity contribution is 0.0475. The fourth-order valence-corrected chi connectivity index (χ4v) is 3.54. The zero-order chi connectivity index (χ0) is 22.5. The molecule has 0 fully saturated rings. The van der Waals surface area contributed by atoms with E-state index in [9.17, 15) is 4.79 Å². The number of benzene rings is 3. The van der Waals surface area contributed by atoms with Crippen LogP contribution >= 0.6 is 0 Å². The molecule has 0 aliphatic heterocycles. The standard InChI is InChI=1S/C28H20N2O3/c31-28(32-19-20-9-8-12-22(17-20)33-21-10-2-1-3-11-21)24-18-27(26-15-6-7-16-29-26)30-25-14-5-4-13-23(24)25/h1-18H,19H2. The number of fused-ring (bicyclic) bond motifs is 1. The molecule has 0 unspecified atom stereocenters. The van der Waals surface area contributed by atoms with Crippen molar-refractivity contribution in [3.05, 3.63) is 120 Å². The van der Waals surface area contributed by atoms with Gasteiger partial charge >= 0.3 is 5.97 Å². The Kier molecular flexibility index (Phi) is 5.76. The first-order valence-electron chi connectivity index (χ1n) is 10.6. The molecule has 0 saturated carbocycles. The highest BCUT2D eigenvalue weighted by atomic mass is 16.5. The Hall–Kier alpha value is -4.51. The van der Waals surface area contributed by atoms with Crippen LogP contribution in [0.5, 0.6) is 11.5 Å². The van der Waals surface area contributed by atoms with Crippen molar-refractivity contribution in [3.8, 4) is 22.9 Å². The maximum atomic E-state index is 13.1. The number of aromatic nitrogens is 2. The van der Waals surface area contributed by atoms with E-state index in [1.54, 1.807) is 12.3 Å². The Morgan fingerprint density at radius 3 is 2.36 bits per heavy atom. The summed E-state index contributed by atoms with van der Waals surface area (Å²) in [4.78, 5) is 22.1. The number of carbonyl (C=O) groups excluding carboxylic acids is 1.